The summed E-state index contributed by atoms with van der Waals surface area (Å²) in [6, 6.07) is 12.4. The first-order valence-corrected chi connectivity index (χ1v) is 9.41. The molecule has 0 N–H and O–H groups in total. The van der Waals surface area contributed by atoms with Gasteiger partial charge in [-0.15, -0.1) is 0 Å². The summed E-state index contributed by atoms with van der Waals surface area (Å²) in [5.74, 6) is -1.88. The SMILES string of the molecule is O=C(c1ccccc1F)N1CCC(Cn2c(C(F)(F)F)nc3ccccc32)CC1. The first-order chi connectivity index (χ1) is 13.8. The van der Waals surface area contributed by atoms with Gasteiger partial charge in [-0.2, -0.15) is 13.2 Å². The molecule has 0 aliphatic carbocycles. The first kappa shape index (κ1) is 19.4. The standard InChI is InChI=1S/C21H19F4N3O/c22-16-6-2-1-5-15(16)19(29)27-11-9-14(10-12-27)13-28-18-8-4-3-7-17(18)26-20(28)21(23,24)25/h1-8,14H,9-13H2. The van der Waals surface area contributed by atoms with Crippen molar-refractivity contribution in [2.45, 2.75) is 25.6 Å². The lowest BCUT2D eigenvalue weighted by Crippen LogP contribution is -2.39. The third-order valence-electron chi connectivity index (χ3n) is 5.35. The van der Waals surface area contributed by atoms with E-state index in [-0.39, 0.29) is 23.9 Å². The Balaban J connectivity index is 1.49. The number of rotatable bonds is 3. The molecular formula is C21H19F4N3O. The van der Waals surface area contributed by atoms with Crippen LogP contribution >= 0.6 is 0 Å². The summed E-state index contributed by atoms with van der Waals surface area (Å²) in [6.45, 7) is 0.939. The van der Waals surface area contributed by atoms with Crippen LogP contribution in [0.25, 0.3) is 11.0 Å². The number of nitrogens with zero attached hydrogens (tertiary/aromatic N) is 3. The van der Waals surface area contributed by atoms with Crippen molar-refractivity contribution in [3.05, 3.63) is 65.7 Å². The van der Waals surface area contributed by atoms with Gasteiger partial charge in [0.1, 0.15) is 5.82 Å². The summed E-state index contributed by atoms with van der Waals surface area (Å²) < 4.78 is 55.5. The van der Waals surface area contributed by atoms with Crippen LogP contribution in [0.3, 0.4) is 0 Å². The molecule has 0 saturated carbocycles. The molecule has 0 bridgehead atoms. The summed E-state index contributed by atoms with van der Waals surface area (Å²) >= 11 is 0. The summed E-state index contributed by atoms with van der Waals surface area (Å²) in [7, 11) is 0. The fourth-order valence-electron chi connectivity index (χ4n) is 3.86. The maximum atomic E-state index is 13.9. The lowest BCUT2D eigenvalue weighted by atomic mass is 9.96. The molecule has 2 aromatic carbocycles. The van der Waals surface area contributed by atoms with Gasteiger partial charge in [0.25, 0.3) is 5.91 Å². The zero-order valence-electron chi connectivity index (χ0n) is 15.5. The molecule has 1 saturated heterocycles. The van der Waals surface area contributed by atoms with Crippen LogP contribution in [0, 0.1) is 11.7 Å². The minimum atomic E-state index is -4.54. The maximum absolute atomic E-state index is 13.9. The Hall–Kier alpha value is -2.90. The minimum absolute atomic E-state index is 0.0194. The van der Waals surface area contributed by atoms with Crippen LogP contribution in [0.5, 0.6) is 0 Å². The third kappa shape index (κ3) is 3.83. The average Bonchev–Trinajstić information content (AvgIpc) is 3.08. The molecule has 1 aliphatic rings. The molecular weight excluding hydrogens is 386 g/mol. The lowest BCUT2D eigenvalue weighted by molar-refractivity contribution is -0.147. The maximum Gasteiger partial charge on any atom is 0.449 e. The molecule has 1 fully saturated rings. The molecule has 152 valence electrons. The van der Waals surface area contributed by atoms with Gasteiger partial charge in [0.2, 0.25) is 5.82 Å². The van der Waals surface area contributed by atoms with Crippen molar-refractivity contribution in [1.82, 2.24) is 14.5 Å². The smallest absolute Gasteiger partial charge is 0.339 e. The largest absolute Gasteiger partial charge is 0.449 e. The van der Waals surface area contributed by atoms with Crippen LogP contribution in [0.1, 0.15) is 29.0 Å². The zero-order chi connectivity index (χ0) is 20.6. The molecule has 0 unspecified atom stereocenters. The first-order valence-electron chi connectivity index (χ1n) is 9.41. The second kappa shape index (κ2) is 7.50. The van der Waals surface area contributed by atoms with Crippen molar-refractivity contribution in [2.75, 3.05) is 13.1 Å². The minimum Gasteiger partial charge on any atom is -0.339 e. The van der Waals surface area contributed by atoms with Gasteiger partial charge < -0.3 is 9.47 Å². The van der Waals surface area contributed by atoms with E-state index in [1.165, 1.54) is 22.8 Å². The van der Waals surface area contributed by atoms with Crippen molar-refractivity contribution < 1.29 is 22.4 Å². The number of hydrogen-bond donors (Lipinski definition) is 0. The fourth-order valence-corrected chi connectivity index (χ4v) is 3.86. The quantitative estimate of drug-likeness (QED) is 0.590. The van der Waals surface area contributed by atoms with Crippen LogP contribution in [-0.2, 0) is 12.7 Å². The van der Waals surface area contributed by atoms with Crippen molar-refractivity contribution in [3.63, 3.8) is 0 Å². The van der Waals surface area contributed by atoms with Gasteiger partial charge in [-0.05, 0) is 43.0 Å². The molecule has 4 nitrogen and oxygen atoms in total. The number of para-hydroxylation sites is 2. The van der Waals surface area contributed by atoms with Crippen molar-refractivity contribution in [3.8, 4) is 0 Å². The Morgan fingerprint density at radius 1 is 1.03 bits per heavy atom. The van der Waals surface area contributed by atoms with E-state index in [1.54, 1.807) is 35.2 Å². The van der Waals surface area contributed by atoms with Crippen molar-refractivity contribution >= 4 is 16.9 Å². The highest BCUT2D eigenvalue weighted by atomic mass is 19.4. The van der Waals surface area contributed by atoms with E-state index in [9.17, 15) is 22.4 Å². The number of carbonyl (C=O) groups is 1. The van der Waals surface area contributed by atoms with Gasteiger partial charge in [0.05, 0.1) is 16.6 Å². The van der Waals surface area contributed by atoms with Gasteiger partial charge in [0.15, 0.2) is 0 Å². The molecule has 2 heterocycles. The Bertz CT molecular complexity index is 1040. The number of alkyl halides is 3. The number of piperidine rings is 1. The van der Waals surface area contributed by atoms with Crippen LogP contribution in [0.4, 0.5) is 17.6 Å². The van der Waals surface area contributed by atoms with Crippen molar-refractivity contribution in [1.29, 1.82) is 0 Å². The highest BCUT2D eigenvalue weighted by Crippen LogP contribution is 2.33. The molecule has 29 heavy (non-hydrogen) atoms. The number of carbonyl (C=O) groups excluding carboxylic acids is 1. The van der Waals surface area contributed by atoms with Crippen LogP contribution in [0.15, 0.2) is 48.5 Å². The Kier molecular flexibility index (Phi) is 5.02. The Morgan fingerprint density at radius 2 is 1.69 bits per heavy atom. The number of halogens is 4. The number of aromatic nitrogens is 2. The summed E-state index contributed by atoms with van der Waals surface area (Å²) in [5.41, 5.74) is 0.780. The van der Waals surface area contributed by atoms with E-state index in [0.717, 1.165) is 0 Å². The molecule has 0 spiro atoms. The number of fused-ring (bicyclic) bond motifs is 1. The van der Waals surface area contributed by atoms with Crippen LogP contribution in [0.2, 0.25) is 0 Å². The summed E-state index contributed by atoms with van der Waals surface area (Å²) in [5, 5.41) is 0. The number of benzene rings is 2. The average molecular weight is 405 g/mol. The number of hydrogen-bond acceptors (Lipinski definition) is 2. The van der Waals surface area contributed by atoms with Gasteiger partial charge in [-0.1, -0.05) is 24.3 Å². The van der Waals surface area contributed by atoms with E-state index in [1.807, 2.05) is 0 Å². The van der Waals surface area contributed by atoms with Crippen molar-refractivity contribution in [2.24, 2.45) is 5.92 Å². The second-order valence-electron chi connectivity index (χ2n) is 7.25. The number of imidazole rings is 1. The molecule has 1 aliphatic heterocycles. The van der Waals surface area contributed by atoms with Crippen LogP contribution < -0.4 is 0 Å². The highest BCUT2D eigenvalue weighted by molar-refractivity contribution is 5.94. The predicted octanol–water partition coefficient (Wildman–Crippen LogP) is 4.75. The van der Waals surface area contributed by atoms with E-state index >= 15 is 0 Å². The molecule has 4 rings (SSSR count). The second-order valence-corrected chi connectivity index (χ2v) is 7.25. The molecule has 1 aromatic heterocycles. The monoisotopic (exact) mass is 405 g/mol. The molecule has 1 amide bonds. The molecule has 0 atom stereocenters. The van der Waals surface area contributed by atoms with Gasteiger partial charge in [-0.25, -0.2) is 9.37 Å². The van der Waals surface area contributed by atoms with Gasteiger partial charge >= 0.3 is 6.18 Å². The number of amides is 1. The Morgan fingerprint density at radius 3 is 2.38 bits per heavy atom. The normalized spacial score (nSPS) is 15.8. The van der Waals surface area contributed by atoms with Gasteiger partial charge in [0, 0.05) is 19.6 Å². The van der Waals surface area contributed by atoms with E-state index in [2.05, 4.69) is 4.98 Å². The predicted molar refractivity (Wildman–Crippen MR) is 99.8 cm³/mol. The van der Waals surface area contributed by atoms with E-state index in [0.29, 0.717) is 37.0 Å². The zero-order valence-corrected chi connectivity index (χ0v) is 15.5. The highest BCUT2D eigenvalue weighted by Gasteiger charge is 2.38. The molecule has 3 aromatic rings. The summed E-state index contributed by atoms with van der Waals surface area (Å²) in [4.78, 5) is 17.9. The lowest BCUT2D eigenvalue weighted by Gasteiger charge is -2.32. The van der Waals surface area contributed by atoms with Gasteiger partial charge in [-0.3, -0.25) is 4.79 Å². The Labute approximate surface area is 164 Å². The molecule has 8 heteroatoms. The van der Waals surface area contributed by atoms with Crippen LogP contribution in [-0.4, -0.2) is 33.4 Å². The fraction of sp³-hybridized carbons (Fsp3) is 0.333. The topological polar surface area (TPSA) is 38.1 Å². The third-order valence-corrected chi connectivity index (χ3v) is 5.35. The molecule has 0 radical (unpaired) electrons. The van der Waals surface area contributed by atoms with E-state index in [4.69, 9.17) is 0 Å². The van der Waals surface area contributed by atoms with E-state index < -0.39 is 17.8 Å². The summed E-state index contributed by atoms with van der Waals surface area (Å²) in [6.07, 6.45) is -3.45. The number of likely N-dealkylation sites (tertiary alicyclic amines) is 1.